The van der Waals surface area contributed by atoms with E-state index < -0.39 is 0 Å². The monoisotopic (exact) mass is 206 g/mol. The molecule has 1 rings (SSSR count). The summed E-state index contributed by atoms with van der Waals surface area (Å²) in [7, 11) is 1.63. The Labute approximate surface area is 104 Å². The van der Waals surface area contributed by atoms with E-state index in [0.29, 0.717) is 25.2 Å². The van der Waals surface area contributed by atoms with Crippen LogP contribution in [0.5, 0.6) is 0 Å². The maximum absolute atomic E-state index is 5.46. The average Bonchev–Trinajstić information content (AvgIpc) is 2.18. The predicted octanol–water partition coefficient (Wildman–Crippen LogP) is -1.01. The summed E-state index contributed by atoms with van der Waals surface area (Å²) in [4.78, 5) is 0. The first-order valence-corrected chi connectivity index (χ1v) is 5.05. The van der Waals surface area contributed by atoms with Crippen LogP contribution in [0.2, 0.25) is 0 Å². The third kappa shape index (κ3) is 5.08. The molecule has 1 aliphatic rings. The van der Waals surface area contributed by atoms with Crippen molar-refractivity contribution < 1.29 is 33.1 Å². The van der Waals surface area contributed by atoms with Gasteiger partial charge in [0, 0.05) is 13.0 Å². The Morgan fingerprint density at radius 3 is 2.93 bits per heavy atom. The molecule has 0 saturated carbocycles. The summed E-state index contributed by atoms with van der Waals surface area (Å²) in [6, 6.07) is 0. The van der Waals surface area contributed by atoms with E-state index in [2.05, 4.69) is 20.1 Å². The maximum Gasteiger partial charge on any atom is 1.00 e. The van der Waals surface area contributed by atoms with E-state index >= 15 is 0 Å². The van der Waals surface area contributed by atoms with E-state index in [4.69, 9.17) is 14.2 Å². The van der Waals surface area contributed by atoms with Crippen molar-refractivity contribution >= 4 is 0 Å². The van der Waals surface area contributed by atoms with Gasteiger partial charge in [-0.3, -0.25) is 0 Å². The largest absolute Gasteiger partial charge is 1.00 e. The molecule has 0 spiro atoms. The molecule has 1 heterocycles. The van der Waals surface area contributed by atoms with Crippen LogP contribution in [0.25, 0.3) is 0 Å². The van der Waals surface area contributed by atoms with Gasteiger partial charge < -0.3 is 20.5 Å². The molecule has 0 N–H and O–H groups in total. The molecule has 0 bridgehead atoms. The van der Waals surface area contributed by atoms with Crippen LogP contribution in [0.1, 0.15) is 20.3 Å². The molecule has 3 nitrogen and oxygen atoms in total. The maximum atomic E-state index is 5.46. The van der Waals surface area contributed by atoms with Crippen molar-refractivity contribution in [3.05, 3.63) is 12.3 Å². The van der Waals surface area contributed by atoms with Crippen LogP contribution in [0, 0.1) is 18.1 Å². The topological polar surface area (TPSA) is 27.7 Å². The Balaban J connectivity index is 0.00000196. The number of hydrogen-bond donors (Lipinski definition) is 0. The smallest absolute Gasteiger partial charge is 0.691 e. The molecular formula is C11H19LiO3. The van der Waals surface area contributed by atoms with Gasteiger partial charge in [-0.2, -0.15) is 0 Å². The van der Waals surface area contributed by atoms with Gasteiger partial charge in [-0.05, 0) is 5.92 Å². The zero-order valence-corrected chi connectivity index (χ0v) is 10.2. The predicted molar refractivity (Wildman–Crippen MR) is 53.5 cm³/mol. The van der Waals surface area contributed by atoms with Crippen molar-refractivity contribution in [1.82, 2.24) is 0 Å². The minimum Gasteiger partial charge on any atom is -0.691 e. The van der Waals surface area contributed by atoms with Crippen molar-refractivity contribution in [2.75, 3.05) is 20.5 Å². The number of hydrogen-bond acceptors (Lipinski definition) is 3. The third-order valence-corrected chi connectivity index (χ3v) is 2.48. The van der Waals surface area contributed by atoms with Crippen molar-refractivity contribution in [2.45, 2.75) is 26.4 Å². The summed E-state index contributed by atoms with van der Waals surface area (Å²) in [5, 5.41) is 0. The SMILES string of the molecule is COCOC[C@@H](C)[C@H]1O[C-]=CC[C@H]1C.[Li+]. The molecule has 0 radical (unpaired) electrons. The minimum atomic E-state index is 0. The van der Waals surface area contributed by atoms with Crippen LogP contribution in [0.3, 0.4) is 0 Å². The van der Waals surface area contributed by atoms with E-state index in [1.807, 2.05) is 6.08 Å². The zero-order valence-electron chi connectivity index (χ0n) is 10.2. The molecule has 82 valence electrons. The van der Waals surface area contributed by atoms with Crippen molar-refractivity contribution in [3.8, 4) is 0 Å². The third-order valence-electron chi connectivity index (χ3n) is 2.48. The molecule has 0 saturated heterocycles. The fraction of sp³-hybridized carbons (Fsp3) is 0.818. The van der Waals surface area contributed by atoms with Gasteiger partial charge in [0.2, 0.25) is 0 Å². The molecule has 0 aliphatic carbocycles. The standard InChI is InChI=1S/C11H19O3.Li/c1-9-5-4-6-14-11(9)10(2)7-13-8-12-3;/h4,9-11H,5,7-8H2,1-3H3;/q-1;+1/t9-,10-,11+;/m1./s1. The summed E-state index contributed by atoms with van der Waals surface area (Å²) in [6.07, 6.45) is 6.03. The van der Waals surface area contributed by atoms with E-state index in [-0.39, 0.29) is 25.0 Å². The van der Waals surface area contributed by atoms with E-state index in [9.17, 15) is 0 Å². The van der Waals surface area contributed by atoms with Crippen LogP contribution >= 0.6 is 0 Å². The quantitative estimate of drug-likeness (QED) is 0.250. The van der Waals surface area contributed by atoms with Gasteiger partial charge in [0.1, 0.15) is 6.79 Å². The molecule has 0 aromatic rings. The van der Waals surface area contributed by atoms with Crippen molar-refractivity contribution in [1.29, 1.82) is 0 Å². The molecule has 0 aromatic heterocycles. The van der Waals surface area contributed by atoms with E-state index in [1.165, 1.54) is 0 Å². The summed E-state index contributed by atoms with van der Waals surface area (Å²) in [6.45, 7) is 5.34. The van der Waals surface area contributed by atoms with Crippen LogP contribution < -0.4 is 18.9 Å². The van der Waals surface area contributed by atoms with Gasteiger partial charge in [0.15, 0.2) is 0 Å². The number of allylic oxidation sites excluding steroid dienone is 1. The Morgan fingerprint density at radius 2 is 2.33 bits per heavy atom. The summed E-state index contributed by atoms with van der Waals surface area (Å²) in [5.74, 6) is 0.916. The second-order valence-electron chi connectivity index (χ2n) is 3.87. The summed E-state index contributed by atoms with van der Waals surface area (Å²) in [5.41, 5.74) is 0. The minimum absolute atomic E-state index is 0. The van der Waals surface area contributed by atoms with Gasteiger partial charge in [0.05, 0.1) is 12.7 Å². The fourth-order valence-electron chi connectivity index (χ4n) is 1.70. The number of rotatable bonds is 5. The number of ether oxygens (including phenoxy) is 3. The molecule has 0 unspecified atom stereocenters. The Kier molecular flexibility index (Phi) is 8.27. The average molecular weight is 206 g/mol. The normalized spacial score (nSPS) is 26.6. The fourth-order valence-corrected chi connectivity index (χ4v) is 1.70. The molecule has 0 amide bonds. The first-order chi connectivity index (χ1) is 6.75. The number of methoxy groups -OCH3 is 1. The van der Waals surface area contributed by atoms with Gasteiger partial charge in [0.25, 0.3) is 0 Å². The molecule has 1 aliphatic heterocycles. The van der Waals surface area contributed by atoms with Crippen LogP contribution in [0.15, 0.2) is 6.08 Å². The Bertz CT molecular complexity index is 185. The first kappa shape index (κ1) is 15.1. The van der Waals surface area contributed by atoms with Crippen LogP contribution in [-0.2, 0) is 14.2 Å². The molecule has 4 heteroatoms. The van der Waals surface area contributed by atoms with Crippen molar-refractivity contribution in [3.63, 3.8) is 0 Å². The van der Waals surface area contributed by atoms with Gasteiger partial charge in [-0.1, -0.05) is 20.3 Å². The molecule has 15 heavy (non-hydrogen) atoms. The Hall–Kier alpha value is 0.0574. The molecule has 3 atom stereocenters. The Morgan fingerprint density at radius 1 is 1.60 bits per heavy atom. The molecule has 0 aromatic carbocycles. The second-order valence-corrected chi connectivity index (χ2v) is 3.87. The summed E-state index contributed by atoms with van der Waals surface area (Å²) >= 11 is 0. The van der Waals surface area contributed by atoms with Gasteiger partial charge >= 0.3 is 18.9 Å². The van der Waals surface area contributed by atoms with Gasteiger partial charge in [-0.15, -0.1) is 0 Å². The van der Waals surface area contributed by atoms with Crippen LogP contribution in [-0.4, -0.2) is 26.6 Å². The molecule has 0 fully saturated rings. The van der Waals surface area contributed by atoms with E-state index in [0.717, 1.165) is 6.42 Å². The molecular weight excluding hydrogens is 187 g/mol. The zero-order chi connectivity index (χ0) is 10.4. The van der Waals surface area contributed by atoms with E-state index in [1.54, 1.807) is 7.11 Å². The van der Waals surface area contributed by atoms with Crippen molar-refractivity contribution in [2.24, 2.45) is 11.8 Å². The first-order valence-electron chi connectivity index (χ1n) is 5.05. The van der Waals surface area contributed by atoms with Crippen LogP contribution in [0.4, 0.5) is 0 Å². The van der Waals surface area contributed by atoms with Gasteiger partial charge in [-0.25, -0.2) is 6.08 Å². The second kappa shape index (κ2) is 8.24. The summed E-state index contributed by atoms with van der Waals surface area (Å²) < 4.78 is 15.6.